The van der Waals surface area contributed by atoms with Gasteiger partial charge in [0.15, 0.2) is 0 Å². The van der Waals surface area contributed by atoms with Gasteiger partial charge in [-0.25, -0.2) is 0 Å². The molecule has 1 unspecified atom stereocenters. The predicted molar refractivity (Wildman–Crippen MR) is 69.3 cm³/mol. The largest absolute Gasteiger partial charge is 0.497 e. The third-order valence-corrected chi connectivity index (χ3v) is 2.74. The average molecular weight is 238 g/mol. The van der Waals surface area contributed by atoms with Gasteiger partial charge in [0, 0.05) is 19.6 Å². The van der Waals surface area contributed by atoms with E-state index in [2.05, 4.69) is 17.0 Å². The molecule has 4 heteroatoms. The lowest BCUT2D eigenvalue weighted by Crippen LogP contribution is -2.35. The molecule has 0 fully saturated rings. The smallest absolute Gasteiger partial charge is 0.118 e. The van der Waals surface area contributed by atoms with E-state index in [4.69, 9.17) is 10.5 Å². The molecule has 0 saturated heterocycles. The van der Waals surface area contributed by atoms with Crippen LogP contribution in [0.1, 0.15) is 5.56 Å². The number of nitrogens with zero attached hydrogens (tertiary/aromatic N) is 1. The zero-order valence-corrected chi connectivity index (χ0v) is 10.6. The first-order valence-electron chi connectivity index (χ1n) is 5.85. The Hall–Kier alpha value is -1.10. The zero-order chi connectivity index (χ0) is 12.7. The van der Waals surface area contributed by atoms with Crippen LogP contribution in [0.5, 0.6) is 5.75 Å². The number of likely N-dealkylation sites (N-methyl/N-ethyl adjacent to an activating group) is 1. The fourth-order valence-corrected chi connectivity index (χ4v) is 1.64. The molecule has 0 radical (unpaired) electrons. The Balaban J connectivity index is 2.34. The lowest BCUT2D eigenvalue weighted by Gasteiger charge is -2.19. The Morgan fingerprint density at radius 3 is 2.53 bits per heavy atom. The molecule has 0 aliphatic carbocycles. The van der Waals surface area contributed by atoms with E-state index in [0.717, 1.165) is 18.7 Å². The van der Waals surface area contributed by atoms with Crippen molar-refractivity contribution in [2.24, 2.45) is 5.73 Å². The van der Waals surface area contributed by atoms with E-state index in [1.807, 2.05) is 19.2 Å². The Morgan fingerprint density at radius 1 is 1.35 bits per heavy atom. The quantitative estimate of drug-likeness (QED) is 0.726. The van der Waals surface area contributed by atoms with Gasteiger partial charge in [-0.1, -0.05) is 12.1 Å². The van der Waals surface area contributed by atoms with E-state index in [-0.39, 0.29) is 0 Å². The topological polar surface area (TPSA) is 58.7 Å². The van der Waals surface area contributed by atoms with Crippen LogP contribution in [0.25, 0.3) is 0 Å². The summed E-state index contributed by atoms with van der Waals surface area (Å²) < 4.78 is 5.10. The van der Waals surface area contributed by atoms with Crippen LogP contribution in [-0.4, -0.2) is 49.9 Å². The van der Waals surface area contributed by atoms with E-state index in [9.17, 15) is 5.11 Å². The number of nitrogens with two attached hydrogens (primary N) is 1. The molecule has 0 aliphatic rings. The molecule has 0 aliphatic heterocycles. The summed E-state index contributed by atoms with van der Waals surface area (Å²) in [6.07, 6.45) is 0.522. The number of aliphatic hydroxyl groups excluding tert-OH is 1. The minimum absolute atomic E-state index is 0.312. The van der Waals surface area contributed by atoms with Crippen molar-refractivity contribution in [1.82, 2.24) is 4.90 Å². The van der Waals surface area contributed by atoms with E-state index < -0.39 is 6.10 Å². The van der Waals surface area contributed by atoms with Gasteiger partial charge in [-0.2, -0.15) is 0 Å². The molecule has 0 bridgehead atoms. The van der Waals surface area contributed by atoms with Crippen molar-refractivity contribution in [3.8, 4) is 5.75 Å². The van der Waals surface area contributed by atoms with Gasteiger partial charge in [-0.15, -0.1) is 0 Å². The van der Waals surface area contributed by atoms with E-state index >= 15 is 0 Å². The molecule has 1 aromatic carbocycles. The van der Waals surface area contributed by atoms with Gasteiger partial charge < -0.3 is 20.5 Å². The highest BCUT2D eigenvalue weighted by Crippen LogP contribution is 2.11. The molecule has 3 N–H and O–H groups in total. The molecule has 1 rings (SSSR count). The molecule has 1 atom stereocenters. The molecule has 1 aromatic rings. The number of benzene rings is 1. The fourth-order valence-electron chi connectivity index (χ4n) is 1.64. The van der Waals surface area contributed by atoms with Crippen LogP contribution >= 0.6 is 0 Å². The second-order valence-electron chi connectivity index (χ2n) is 4.25. The Labute approximate surface area is 103 Å². The van der Waals surface area contributed by atoms with Crippen LogP contribution < -0.4 is 10.5 Å². The summed E-state index contributed by atoms with van der Waals surface area (Å²) in [7, 11) is 3.65. The van der Waals surface area contributed by atoms with Crippen molar-refractivity contribution in [2.45, 2.75) is 12.5 Å². The van der Waals surface area contributed by atoms with Gasteiger partial charge in [-0.05, 0) is 31.2 Å². The normalized spacial score (nSPS) is 12.8. The van der Waals surface area contributed by atoms with E-state index in [1.165, 1.54) is 5.56 Å². The second kappa shape index (κ2) is 7.27. The lowest BCUT2D eigenvalue weighted by molar-refractivity contribution is 0.133. The molecule has 0 amide bonds. The van der Waals surface area contributed by atoms with Crippen molar-refractivity contribution >= 4 is 0 Å². The number of hydrogen-bond acceptors (Lipinski definition) is 4. The summed E-state index contributed by atoms with van der Waals surface area (Å²) in [6, 6.07) is 8.05. The van der Waals surface area contributed by atoms with Crippen molar-refractivity contribution in [3.63, 3.8) is 0 Å². The van der Waals surface area contributed by atoms with Crippen LogP contribution in [0.15, 0.2) is 24.3 Å². The molecule has 96 valence electrons. The number of hydrogen-bond donors (Lipinski definition) is 2. The zero-order valence-electron chi connectivity index (χ0n) is 10.6. The predicted octanol–water partition coefficient (Wildman–Crippen LogP) is 0.489. The summed E-state index contributed by atoms with van der Waals surface area (Å²) in [4.78, 5) is 2.09. The molecule has 0 saturated carbocycles. The maximum absolute atomic E-state index is 9.41. The highest BCUT2D eigenvalue weighted by molar-refractivity contribution is 5.27. The van der Waals surface area contributed by atoms with Gasteiger partial charge in [0.25, 0.3) is 0 Å². The first-order chi connectivity index (χ1) is 8.15. The molecular formula is C13H22N2O2. The second-order valence-corrected chi connectivity index (χ2v) is 4.25. The summed E-state index contributed by atoms with van der Waals surface area (Å²) in [5.41, 5.74) is 6.63. The summed E-state index contributed by atoms with van der Waals surface area (Å²) in [5, 5.41) is 9.41. The molecule has 0 heterocycles. The first kappa shape index (κ1) is 14.0. The third kappa shape index (κ3) is 5.17. The van der Waals surface area contributed by atoms with E-state index in [0.29, 0.717) is 13.1 Å². The highest BCUT2D eigenvalue weighted by atomic mass is 16.5. The van der Waals surface area contributed by atoms with Crippen LogP contribution in [-0.2, 0) is 6.42 Å². The maximum atomic E-state index is 9.41. The third-order valence-electron chi connectivity index (χ3n) is 2.74. The van der Waals surface area contributed by atoms with E-state index in [1.54, 1.807) is 7.11 Å². The van der Waals surface area contributed by atoms with Crippen molar-refractivity contribution in [1.29, 1.82) is 0 Å². The SMILES string of the molecule is COc1ccc(CCN(C)CC(O)CN)cc1. The summed E-state index contributed by atoms with van der Waals surface area (Å²) >= 11 is 0. The Bertz CT molecular complexity index is 314. The van der Waals surface area contributed by atoms with Crippen LogP contribution in [0.3, 0.4) is 0 Å². The van der Waals surface area contributed by atoms with Gasteiger partial charge in [0.2, 0.25) is 0 Å². The summed E-state index contributed by atoms with van der Waals surface area (Å²) in [6.45, 7) is 1.84. The minimum Gasteiger partial charge on any atom is -0.497 e. The van der Waals surface area contributed by atoms with Gasteiger partial charge in [-0.3, -0.25) is 0 Å². The fraction of sp³-hybridized carbons (Fsp3) is 0.538. The van der Waals surface area contributed by atoms with Crippen LogP contribution in [0.2, 0.25) is 0 Å². The maximum Gasteiger partial charge on any atom is 0.118 e. The van der Waals surface area contributed by atoms with Gasteiger partial charge >= 0.3 is 0 Å². The number of aliphatic hydroxyl groups is 1. The lowest BCUT2D eigenvalue weighted by atomic mass is 10.1. The molecule has 17 heavy (non-hydrogen) atoms. The Kier molecular flexibility index (Phi) is 5.97. The van der Waals surface area contributed by atoms with Crippen LogP contribution in [0.4, 0.5) is 0 Å². The number of ether oxygens (including phenoxy) is 1. The van der Waals surface area contributed by atoms with Gasteiger partial charge in [0.1, 0.15) is 5.75 Å². The monoisotopic (exact) mass is 238 g/mol. The number of methoxy groups -OCH3 is 1. The highest BCUT2D eigenvalue weighted by Gasteiger charge is 2.05. The average Bonchev–Trinajstić information content (AvgIpc) is 2.36. The number of rotatable bonds is 7. The van der Waals surface area contributed by atoms with Gasteiger partial charge in [0.05, 0.1) is 13.2 Å². The van der Waals surface area contributed by atoms with Crippen molar-refractivity contribution < 1.29 is 9.84 Å². The first-order valence-corrected chi connectivity index (χ1v) is 5.85. The minimum atomic E-state index is -0.434. The molecule has 4 nitrogen and oxygen atoms in total. The Morgan fingerprint density at radius 2 is 2.00 bits per heavy atom. The summed E-state index contributed by atoms with van der Waals surface area (Å²) in [5.74, 6) is 0.876. The standard InChI is InChI=1S/C13H22N2O2/c1-15(10-12(16)9-14)8-7-11-3-5-13(17-2)6-4-11/h3-6,12,16H,7-10,14H2,1-2H3. The molecule has 0 spiro atoms. The van der Waals surface area contributed by atoms with Crippen molar-refractivity contribution in [3.05, 3.63) is 29.8 Å². The van der Waals surface area contributed by atoms with Crippen molar-refractivity contribution in [2.75, 3.05) is 33.8 Å². The molecule has 0 aromatic heterocycles. The molecular weight excluding hydrogens is 216 g/mol. The van der Waals surface area contributed by atoms with Crippen LogP contribution in [0, 0.1) is 0 Å².